The molecule has 0 amide bonds. The average Bonchev–Trinajstić information content (AvgIpc) is 2.88. The molecule has 0 N–H and O–H groups in total. The molecule has 0 aliphatic heterocycles. The first-order valence-electron chi connectivity index (χ1n) is 5.24. The number of halogens is 1. The van der Waals surface area contributed by atoms with Crippen LogP contribution >= 0.6 is 11.6 Å². The van der Waals surface area contributed by atoms with E-state index in [1.54, 1.807) is 30.3 Å². The first kappa shape index (κ1) is 13.0. The second-order valence-electron chi connectivity index (χ2n) is 3.66. The van der Waals surface area contributed by atoms with Crippen LogP contribution < -0.4 is 4.31 Å². The Kier molecular flexibility index (Phi) is 3.63. The number of furan rings is 1. The predicted molar refractivity (Wildman–Crippen MR) is 70.3 cm³/mol. The molecule has 0 radical (unpaired) electrons. The molecule has 4 nitrogen and oxygen atoms in total. The molecule has 0 saturated carbocycles. The Balaban J connectivity index is 2.37. The lowest BCUT2D eigenvalue weighted by molar-refractivity contribution is 0.425. The fraction of sp³-hybridized carbons (Fsp3) is 0.167. The number of benzene rings is 1. The molecule has 0 unspecified atom stereocenters. The standard InChI is InChI=1S/C12H12ClNO3S/c1-14(10-5-3-2-4-6-10)18(15,16)12-8-7-11(9-13)17-12/h2-8H,9H2,1H3. The van der Waals surface area contributed by atoms with Crippen LogP contribution in [0.4, 0.5) is 5.69 Å². The zero-order valence-corrected chi connectivity index (χ0v) is 11.3. The van der Waals surface area contributed by atoms with Crippen molar-refractivity contribution < 1.29 is 12.8 Å². The van der Waals surface area contributed by atoms with Crippen LogP contribution in [0.3, 0.4) is 0 Å². The molecule has 0 bridgehead atoms. The summed E-state index contributed by atoms with van der Waals surface area (Å²) in [6, 6.07) is 11.8. The van der Waals surface area contributed by atoms with Crippen molar-refractivity contribution in [2.45, 2.75) is 11.0 Å². The van der Waals surface area contributed by atoms with Gasteiger partial charge in [-0.15, -0.1) is 11.6 Å². The van der Waals surface area contributed by atoms with Crippen molar-refractivity contribution in [1.82, 2.24) is 0 Å². The summed E-state index contributed by atoms with van der Waals surface area (Å²) in [5.41, 5.74) is 0.571. The Morgan fingerprint density at radius 3 is 2.39 bits per heavy atom. The van der Waals surface area contributed by atoms with E-state index in [-0.39, 0.29) is 11.0 Å². The topological polar surface area (TPSA) is 50.5 Å². The summed E-state index contributed by atoms with van der Waals surface area (Å²) >= 11 is 5.58. The summed E-state index contributed by atoms with van der Waals surface area (Å²) in [4.78, 5) is 0. The lowest BCUT2D eigenvalue weighted by Gasteiger charge is -2.17. The zero-order valence-electron chi connectivity index (χ0n) is 9.71. The molecule has 0 aliphatic rings. The van der Waals surface area contributed by atoms with E-state index in [4.69, 9.17) is 16.0 Å². The minimum Gasteiger partial charge on any atom is -0.447 e. The van der Waals surface area contributed by atoms with Crippen molar-refractivity contribution in [3.8, 4) is 0 Å². The summed E-state index contributed by atoms with van der Waals surface area (Å²) < 4.78 is 30.9. The van der Waals surface area contributed by atoms with Crippen LogP contribution in [-0.2, 0) is 15.9 Å². The molecule has 2 rings (SSSR count). The summed E-state index contributed by atoms with van der Waals surface area (Å²) in [5, 5.41) is -0.107. The van der Waals surface area contributed by atoms with Gasteiger partial charge in [0.05, 0.1) is 11.6 Å². The van der Waals surface area contributed by atoms with Gasteiger partial charge < -0.3 is 4.42 Å². The zero-order chi connectivity index (χ0) is 13.2. The highest BCUT2D eigenvalue weighted by Gasteiger charge is 2.24. The first-order valence-corrected chi connectivity index (χ1v) is 7.22. The number of alkyl halides is 1. The highest BCUT2D eigenvalue weighted by molar-refractivity contribution is 7.92. The maximum absolute atomic E-state index is 12.3. The van der Waals surface area contributed by atoms with Gasteiger partial charge >= 0.3 is 0 Å². The number of anilines is 1. The van der Waals surface area contributed by atoms with Gasteiger partial charge in [0.2, 0.25) is 5.09 Å². The van der Waals surface area contributed by atoms with E-state index in [9.17, 15) is 8.42 Å². The Hall–Kier alpha value is -1.46. The third-order valence-electron chi connectivity index (χ3n) is 2.50. The van der Waals surface area contributed by atoms with Crippen LogP contribution in [0.1, 0.15) is 5.76 Å². The third-order valence-corrected chi connectivity index (χ3v) is 4.43. The number of hydrogen-bond donors (Lipinski definition) is 0. The quantitative estimate of drug-likeness (QED) is 0.812. The van der Waals surface area contributed by atoms with Gasteiger partial charge in [0.1, 0.15) is 5.76 Å². The van der Waals surface area contributed by atoms with Crippen LogP contribution in [0, 0.1) is 0 Å². The Morgan fingerprint density at radius 1 is 1.17 bits per heavy atom. The molecule has 0 saturated heterocycles. The minimum atomic E-state index is -3.67. The van der Waals surface area contributed by atoms with Crippen molar-refractivity contribution in [3.63, 3.8) is 0 Å². The lowest BCUT2D eigenvalue weighted by atomic mass is 10.3. The average molecular weight is 286 g/mol. The van der Waals surface area contributed by atoms with E-state index in [1.165, 1.54) is 17.4 Å². The predicted octanol–water partition coefficient (Wildman–Crippen LogP) is 2.84. The SMILES string of the molecule is CN(c1ccccc1)S(=O)(=O)c1ccc(CCl)o1. The van der Waals surface area contributed by atoms with Crippen molar-refractivity contribution in [1.29, 1.82) is 0 Å². The van der Waals surface area contributed by atoms with Gasteiger partial charge in [0, 0.05) is 7.05 Å². The minimum absolute atomic E-state index is 0.107. The summed E-state index contributed by atoms with van der Waals surface area (Å²) in [5.74, 6) is 0.571. The molecule has 2 aromatic rings. The van der Waals surface area contributed by atoms with Crippen LogP contribution in [0.25, 0.3) is 0 Å². The highest BCUT2D eigenvalue weighted by Crippen LogP contribution is 2.23. The number of nitrogens with zero attached hydrogens (tertiary/aromatic N) is 1. The fourth-order valence-electron chi connectivity index (χ4n) is 1.48. The summed E-state index contributed by atoms with van der Waals surface area (Å²) in [6.45, 7) is 0. The Morgan fingerprint density at radius 2 is 1.83 bits per heavy atom. The van der Waals surface area contributed by atoms with Crippen molar-refractivity contribution >= 4 is 27.3 Å². The fourth-order valence-corrected chi connectivity index (χ4v) is 2.75. The molecule has 0 aliphatic carbocycles. The van der Waals surface area contributed by atoms with Gasteiger partial charge in [-0.25, -0.2) is 0 Å². The summed E-state index contributed by atoms with van der Waals surface area (Å²) in [7, 11) is -2.19. The second kappa shape index (κ2) is 5.04. The van der Waals surface area contributed by atoms with E-state index in [1.807, 2.05) is 6.07 Å². The second-order valence-corrected chi connectivity index (χ2v) is 5.83. The molecular formula is C12H12ClNO3S. The van der Waals surface area contributed by atoms with Gasteiger partial charge in [-0.3, -0.25) is 4.31 Å². The van der Waals surface area contributed by atoms with E-state index in [0.717, 1.165) is 0 Å². The lowest BCUT2D eigenvalue weighted by Crippen LogP contribution is -2.26. The van der Waals surface area contributed by atoms with E-state index >= 15 is 0 Å². The van der Waals surface area contributed by atoms with Crippen LogP contribution in [0.2, 0.25) is 0 Å². The molecule has 1 heterocycles. The molecular weight excluding hydrogens is 274 g/mol. The Labute approximate surface area is 111 Å². The van der Waals surface area contributed by atoms with Crippen molar-refractivity contribution in [3.05, 3.63) is 48.2 Å². The molecule has 1 aromatic carbocycles. The monoisotopic (exact) mass is 285 g/mol. The summed E-state index contributed by atoms with van der Waals surface area (Å²) in [6.07, 6.45) is 0. The molecule has 1 aromatic heterocycles. The highest BCUT2D eigenvalue weighted by atomic mass is 35.5. The molecule has 18 heavy (non-hydrogen) atoms. The molecule has 6 heteroatoms. The van der Waals surface area contributed by atoms with Gasteiger partial charge in [-0.2, -0.15) is 8.42 Å². The van der Waals surface area contributed by atoms with Gasteiger partial charge in [0.15, 0.2) is 0 Å². The Bertz CT molecular complexity index is 622. The van der Waals surface area contributed by atoms with Crippen molar-refractivity contribution in [2.75, 3.05) is 11.4 Å². The first-order chi connectivity index (χ1) is 8.55. The number of rotatable bonds is 4. The van der Waals surface area contributed by atoms with Crippen LogP contribution in [0.15, 0.2) is 52.0 Å². The van der Waals surface area contributed by atoms with Crippen molar-refractivity contribution in [2.24, 2.45) is 0 Å². The molecule has 0 atom stereocenters. The molecule has 0 fully saturated rings. The maximum Gasteiger partial charge on any atom is 0.297 e. The number of para-hydroxylation sites is 1. The third kappa shape index (κ3) is 2.37. The van der Waals surface area contributed by atoms with E-state index in [0.29, 0.717) is 11.4 Å². The number of sulfonamides is 1. The molecule has 96 valence electrons. The maximum atomic E-state index is 12.3. The number of hydrogen-bond acceptors (Lipinski definition) is 3. The van der Waals surface area contributed by atoms with E-state index < -0.39 is 10.0 Å². The van der Waals surface area contributed by atoms with Gasteiger partial charge in [-0.1, -0.05) is 18.2 Å². The van der Waals surface area contributed by atoms with Gasteiger partial charge in [0.25, 0.3) is 10.0 Å². The van der Waals surface area contributed by atoms with Gasteiger partial charge in [-0.05, 0) is 24.3 Å². The largest absolute Gasteiger partial charge is 0.447 e. The molecule has 0 spiro atoms. The van der Waals surface area contributed by atoms with E-state index in [2.05, 4.69) is 0 Å². The normalized spacial score (nSPS) is 11.4. The van der Waals surface area contributed by atoms with Crippen LogP contribution in [-0.4, -0.2) is 15.5 Å². The van der Waals surface area contributed by atoms with Crippen LogP contribution in [0.5, 0.6) is 0 Å². The smallest absolute Gasteiger partial charge is 0.297 e.